The first-order chi connectivity index (χ1) is 11.5. The minimum absolute atomic E-state index is 0. The maximum Gasteiger partial charge on any atom is 0.123 e. The van der Waals surface area contributed by atoms with E-state index in [4.69, 9.17) is 0 Å². The van der Waals surface area contributed by atoms with E-state index in [1.54, 1.807) is 36.4 Å². The average molecular weight is 471 g/mol. The van der Waals surface area contributed by atoms with Crippen LogP contribution in [0.25, 0.3) is 11.1 Å². The molecule has 3 aromatic carbocycles. The first-order valence-corrected chi connectivity index (χ1v) is 8.88. The van der Waals surface area contributed by atoms with Crippen molar-refractivity contribution in [2.45, 2.75) is 20.3 Å². The van der Waals surface area contributed by atoms with Gasteiger partial charge in [0.05, 0.1) is 0 Å². The summed E-state index contributed by atoms with van der Waals surface area (Å²) >= 11 is 1.55. The van der Waals surface area contributed by atoms with Crippen LogP contribution in [0.4, 0.5) is 8.78 Å². The van der Waals surface area contributed by atoms with Crippen LogP contribution in [0, 0.1) is 17.7 Å². The van der Waals surface area contributed by atoms with Gasteiger partial charge in [0.1, 0.15) is 5.82 Å². The molecule has 0 nitrogen and oxygen atoms in total. The summed E-state index contributed by atoms with van der Waals surface area (Å²) in [5.41, 5.74) is 3.68. The van der Waals surface area contributed by atoms with Gasteiger partial charge in [0, 0.05) is 5.82 Å². The van der Waals surface area contributed by atoms with E-state index in [9.17, 15) is 8.78 Å². The van der Waals surface area contributed by atoms with Crippen molar-refractivity contribution in [3.05, 3.63) is 89.5 Å². The normalized spacial score (nSPS) is 9.77. The molecule has 0 aliphatic heterocycles. The fourth-order valence-corrected chi connectivity index (χ4v) is 2.38. The Kier molecular flexibility index (Phi) is 11.9. The van der Waals surface area contributed by atoms with Crippen molar-refractivity contribution in [2.24, 2.45) is 0 Å². The van der Waals surface area contributed by atoms with Gasteiger partial charge in [-0.05, 0) is 24.1 Å². The van der Waals surface area contributed by atoms with E-state index in [1.807, 2.05) is 30.3 Å². The molecule has 0 heterocycles. The van der Waals surface area contributed by atoms with Crippen molar-refractivity contribution in [3.63, 3.8) is 0 Å². The summed E-state index contributed by atoms with van der Waals surface area (Å²) in [5, 5.41) is 0. The second kappa shape index (κ2) is 12.4. The van der Waals surface area contributed by atoms with E-state index in [-0.39, 0.29) is 36.4 Å². The molecule has 26 heavy (non-hydrogen) atoms. The second-order valence-electron chi connectivity index (χ2n) is 5.64. The first kappa shape index (κ1) is 25.0. The maximum atomic E-state index is 13.0. The Morgan fingerprint density at radius 3 is 2.12 bits per heavy atom. The smallest absolute Gasteiger partial charge is 0.123 e. The Morgan fingerprint density at radius 2 is 1.58 bits per heavy atom. The third-order valence-electron chi connectivity index (χ3n) is 3.27. The fourth-order valence-electron chi connectivity index (χ4n) is 2.38. The van der Waals surface area contributed by atoms with Crippen LogP contribution in [-0.4, -0.2) is 3.21 Å². The molecule has 4 rings (SSSR count). The van der Waals surface area contributed by atoms with Gasteiger partial charge >= 0.3 is 41.3 Å². The van der Waals surface area contributed by atoms with Crippen LogP contribution < -0.4 is 24.8 Å². The third kappa shape index (κ3) is 7.70. The minimum Gasteiger partial charge on any atom is -1.00 e. The van der Waals surface area contributed by atoms with Crippen molar-refractivity contribution in [2.75, 3.05) is 0 Å². The van der Waals surface area contributed by atoms with E-state index < -0.39 is 0 Å². The summed E-state index contributed by atoms with van der Waals surface area (Å²) in [6.45, 7) is 4.25. The largest absolute Gasteiger partial charge is 1.00 e. The summed E-state index contributed by atoms with van der Waals surface area (Å²) in [6.07, 6.45) is 0.570. The van der Waals surface area contributed by atoms with Gasteiger partial charge in [-0.1, -0.05) is 11.6 Å². The molecule has 0 bridgehead atoms. The van der Waals surface area contributed by atoms with Crippen molar-refractivity contribution >= 4 is 3.21 Å². The van der Waals surface area contributed by atoms with Crippen LogP contribution in [0.5, 0.6) is 0 Å². The molecule has 3 aromatic rings. The molecule has 0 spiro atoms. The summed E-state index contributed by atoms with van der Waals surface area (Å²) < 4.78 is 27.4. The number of fused-ring (bicyclic) bond motifs is 3. The number of hydrogen-bond acceptors (Lipinski definition) is 0. The molecular weight excluding hydrogens is 452 g/mol. The molecule has 5 heteroatoms. The molecule has 0 aromatic heterocycles. The number of halogens is 4. The van der Waals surface area contributed by atoms with Crippen LogP contribution >= 0.6 is 0 Å². The van der Waals surface area contributed by atoms with E-state index in [0.29, 0.717) is 6.42 Å². The van der Waals surface area contributed by atoms with Gasteiger partial charge < -0.3 is 24.8 Å². The van der Waals surface area contributed by atoms with Gasteiger partial charge in [-0.3, -0.25) is 0 Å². The SMILES string of the molecule is C[C](C)=[Zr+2].Fc1[c-]c2c(cc1)-c1ccc(F)cc1C2.[Cl-].[Cl-].c1cc[cH-]c1. The van der Waals surface area contributed by atoms with Crippen molar-refractivity contribution in [3.8, 4) is 11.1 Å². The Labute approximate surface area is 181 Å². The summed E-state index contributed by atoms with van der Waals surface area (Å²) in [4.78, 5) is 0. The zero-order valence-electron chi connectivity index (χ0n) is 14.5. The topological polar surface area (TPSA) is 0 Å². The van der Waals surface area contributed by atoms with Crippen molar-refractivity contribution in [1.82, 2.24) is 0 Å². The monoisotopic (exact) mass is 468 g/mol. The summed E-state index contributed by atoms with van der Waals surface area (Å²) in [7, 11) is 0. The quantitative estimate of drug-likeness (QED) is 0.304. The molecule has 0 saturated heterocycles. The molecular formula is C21H18Cl2F2Zr-2. The van der Waals surface area contributed by atoms with Gasteiger partial charge in [-0.2, -0.15) is 24.3 Å². The minimum atomic E-state index is -0.359. The van der Waals surface area contributed by atoms with E-state index in [2.05, 4.69) is 19.9 Å². The molecule has 0 radical (unpaired) electrons. The molecule has 1 aliphatic rings. The van der Waals surface area contributed by atoms with Crippen LogP contribution in [-0.2, 0) is 30.7 Å². The summed E-state index contributed by atoms with van der Waals surface area (Å²) in [5.74, 6) is -0.607. The van der Waals surface area contributed by atoms with Crippen LogP contribution in [0.1, 0.15) is 25.0 Å². The summed E-state index contributed by atoms with van der Waals surface area (Å²) in [6, 6.07) is 20.4. The molecule has 0 atom stereocenters. The van der Waals surface area contributed by atoms with Crippen molar-refractivity contribution in [1.29, 1.82) is 0 Å². The first-order valence-electron chi connectivity index (χ1n) is 7.65. The number of rotatable bonds is 0. The second-order valence-corrected chi connectivity index (χ2v) is 8.10. The van der Waals surface area contributed by atoms with Crippen LogP contribution in [0.15, 0.2) is 60.7 Å². The molecule has 0 N–H and O–H groups in total. The Bertz CT molecular complexity index is 744. The average Bonchev–Trinajstić information content (AvgIpc) is 3.16. The molecule has 0 fully saturated rings. The molecule has 136 valence electrons. The Hall–Kier alpha value is -1.02. The van der Waals surface area contributed by atoms with Crippen molar-refractivity contribution < 1.29 is 57.8 Å². The number of benzene rings is 2. The van der Waals surface area contributed by atoms with E-state index >= 15 is 0 Å². The molecule has 0 amide bonds. The molecule has 0 unspecified atom stereocenters. The van der Waals surface area contributed by atoms with Gasteiger partial charge in [0.2, 0.25) is 0 Å². The fraction of sp³-hybridized carbons (Fsp3) is 0.143. The molecule has 0 saturated carbocycles. The van der Waals surface area contributed by atoms with Crippen LogP contribution in [0.2, 0.25) is 0 Å². The van der Waals surface area contributed by atoms with E-state index in [0.717, 1.165) is 22.3 Å². The Morgan fingerprint density at radius 1 is 1.00 bits per heavy atom. The third-order valence-corrected chi connectivity index (χ3v) is 3.27. The zero-order chi connectivity index (χ0) is 17.5. The number of hydrogen-bond donors (Lipinski definition) is 0. The predicted octanol–water partition coefficient (Wildman–Crippen LogP) is -0.505. The zero-order valence-corrected chi connectivity index (χ0v) is 18.5. The Balaban J connectivity index is 0.000000480. The van der Waals surface area contributed by atoms with E-state index in [1.165, 1.54) is 21.4 Å². The molecule has 1 aliphatic carbocycles. The van der Waals surface area contributed by atoms with Crippen LogP contribution in [0.3, 0.4) is 0 Å². The maximum absolute atomic E-state index is 13.0. The van der Waals surface area contributed by atoms with Gasteiger partial charge in [0.15, 0.2) is 0 Å². The van der Waals surface area contributed by atoms with Gasteiger partial charge in [-0.15, -0.1) is 23.3 Å². The van der Waals surface area contributed by atoms with Gasteiger partial charge in [-0.25, -0.2) is 20.9 Å². The predicted molar refractivity (Wildman–Crippen MR) is 91.8 cm³/mol. The van der Waals surface area contributed by atoms with Gasteiger partial charge in [0.25, 0.3) is 0 Å². The standard InChI is InChI=1S/C13H7F2.C5H5.C3H6.2ClH.Zr/c14-10-1-3-12-8(6-10)5-9-7-11(15)2-4-13(9)12;1-2-4-5-3-1;1-3-2;;;/h1-4,6H,5H2;1-5H;1-2H3;2*1H;/q2*-1;;;;+2/p-2.